The molecule has 0 radical (unpaired) electrons. The van der Waals surface area contributed by atoms with Gasteiger partial charge in [0.05, 0.1) is 6.54 Å². The average molecular weight is 359 g/mol. The van der Waals surface area contributed by atoms with Crippen LogP contribution in [0.3, 0.4) is 0 Å². The van der Waals surface area contributed by atoms with E-state index in [4.69, 9.17) is 14.6 Å². The number of anilines is 1. The van der Waals surface area contributed by atoms with Gasteiger partial charge in [0.2, 0.25) is 5.76 Å². The van der Waals surface area contributed by atoms with Crippen LogP contribution in [0.1, 0.15) is 40.7 Å². The summed E-state index contributed by atoms with van der Waals surface area (Å²) < 4.78 is 24.4. The van der Waals surface area contributed by atoms with E-state index < -0.39 is 17.6 Å². The molecule has 26 heavy (non-hydrogen) atoms. The van der Waals surface area contributed by atoms with Crippen LogP contribution in [0.25, 0.3) is 11.0 Å². The van der Waals surface area contributed by atoms with Gasteiger partial charge in [-0.25, -0.2) is 4.39 Å². The zero-order chi connectivity index (χ0) is 18.8. The number of rotatable bonds is 6. The molecule has 2 heterocycles. The van der Waals surface area contributed by atoms with Crippen LogP contribution in [0.4, 0.5) is 10.1 Å². The number of nitrogens with one attached hydrogen (secondary N) is 2. The second-order valence-electron chi connectivity index (χ2n) is 6.07. The van der Waals surface area contributed by atoms with Gasteiger partial charge in [0.15, 0.2) is 5.76 Å². The predicted molar refractivity (Wildman–Crippen MR) is 93.3 cm³/mol. The summed E-state index contributed by atoms with van der Waals surface area (Å²) in [5.74, 6) is -1.64. The molecule has 3 rings (SSSR count). The molecule has 0 atom stereocenters. The summed E-state index contributed by atoms with van der Waals surface area (Å²) in [6.07, 6.45) is 0. The van der Waals surface area contributed by atoms with E-state index in [1.165, 1.54) is 18.2 Å². The van der Waals surface area contributed by atoms with Crippen LogP contribution in [0.15, 0.2) is 39.2 Å². The lowest BCUT2D eigenvalue weighted by molar-refractivity contribution is 0.0977. The Morgan fingerprint density at radius 3 is 2.65 bits per heavy atom. The van der Waals surface area contributed by atoms with E-state index in [-0.39, 0.29) is 34.2 Å². The minimum absolute atomic E-state index is 0.00950. The van der Waals surface area contributed by atoms with Crippen molar-refractivity contribution in [1.82, 2.24) is 5.32 Å². The molecule has 8 heteroatoms. The monoisotopic (exact) mass is 359 g/mol. The van der Waals surface area contributed by atoms with Gasteiger partial charge in [-0.1, -0.05) is 13.8 Å². The van der Waals surface area contributed by atoms with E-state index in [2.05, 4.69) is 10.6 Å². The van der Waals surface area contributed by atoms with Crippen molar-refractivity contribution in [2.75, 3.05) is 5.32 Å². The highest BCUT2D eigenvalue weighted by atomic mass is 19.1. The third kappa shape index (κ3) is 3.60. The van der Waals surface area contributed by atoms with Gasteiger partial charge >= 0.3 is 0 Å². The number of hydrogen-bond acceptors (Lipinski definition) is 5. The van der Waals surface area contributed by atoms with Crippen LogP contribution in [-0.2, 0) is 6.54 Å². The Morgan fingerprint density at radius 1 is 1.19 bits per heavy atom. The van der Waals surface area contributed by atoms with Gasteiger partial charge < -0.3 is 25.2 Å². The maximum atomic E-state index is 13.5. The summed E-state index contributed by atoms with van der Waals surface area (Å²) in [6, 6.07) is 7.15. The summed E-state index contributed by atoms with van der Waals surface area (Å²) in [5.41, 5.74) is 5.54. The highest BCUT2D eigenvalue weighted by Gasteiger charge is 2.22. The number of benzene rings is 1. The summed E-state index contributed by atoms with van der Waals surface area (Å²) in [6.45, 7) is 4.45. The molecule has 1 aromatic carbocycles. The van der Waals surface area contributed by atoms with Crippen LogP contribution in [0.2, 0.25) is 0 Å². The molecular formula is C18H18FN3O4. The Hall–Kier alpha value is -3.13. The fourth-order valence-corrected chi connectivity index (χ4v) is 2.44. The van der Waals surface area contributed by atoms with E-state index >= 15 is 0 Å². The largest absolute Gasteiger partial charge is 0.455 e. The summed E-state index contributed by atoms with van der Waals surface area (Å²) in [5, 5.41) is 5.93. The molecule has 4 N–H and O–H groups in total. The molecule has 0 aliphatic rings. The van der Waals surface area contributed by atoms with Gasteiger partial charge in [0.1, 0.15) is 22.8 Å². The minimum Gasteiger partial charge on any atom is -0.455 e. The van der Waals surface area contributed by atoms with Gasteiger partial charge in [-0.15, -0.1) is 0 Å². The zero-order valence-corrected chi connectivity index (χ0v) is 14.3. The highest BCUT2D eigenvalue weighted by molar-refractivity contribution is 6.13. The summed E-state index contributed by atoms with van der Waals surface area (Å²) in [4.78, 5) is 24.1. The van der Waals surface area contributed by atoms with Crippen molar-refractivity contribution in [2.24, 2.45) is 5.73 Å². The molecule has 0 aliphatic carbocycles. The van der Waals surface area contributed by atoms with Crippen LogP contribution in [0, 0.1) is 5.82 Å². The van der Waals surface area contributed by atoms with Gasteiger partial charge in [-0.2, -0.15) is 0 Å². The van der Waals surface area contributed by atoms with E-state index in [9.17, 15) is 14.0 Å². The molecule has 0 unspecified atom stereocenters. The lowest BCUT2D eigenvalue weighted by atomic mass is 10.2. The Balaban J connectivity index is 1.88. The minimum atomic E-state index is -0.877. The van der Waals surface area contributed by atoms with E-state index in [1.54, 1.807) is 6.07 Å². The van der Waals surface area contributed by atoms with Crippen molar-refractivity contribution in [3.8, 4) is 0 Å². The fraction of sp³-hybridized carbons (Fsp3) is 0.222. The Kier molecular flexibility index (Phi) is 4.77. The van der Waals surface area contributed by atoms with Gasteiger partial charge in [0, 0.05) is 11.4 Å². The van der Waals surface area contributed by atoms with E-state index in [0.29, 0.717) is 12.3 Å². The highest BCUT2D eigenvalue weighted by Crippen LogP contribution is 2.31. The number of fused-ring (bicyclic) bond motifs is 1. The number of hydrogen-bond donors (Lipinski definition) is 3. The second-order valence-corrected chi connectivity index (χ2v) is 6.07. The normalized spacial score (nSPS) is 11.2. The van der Waals surface area contributed by atoms with Crippen molar-refractivity contribution >= 4 is 28.5 Å². The van der Waals surface area contributed by atoms with Gasteiger partial charge in [-0.05, 0) is 30.3 Å². The number of furan rings is 2. The van der Waals surface area contributed by atoms with Crippen LogP contribution < -0.4 is 16.4 Å². The fourth-order valence-electron chi connectivity index (χ4n) is 2.44. The Bertz CT molecular complexity index is 974. The maximum absolute atomic E-state index is 13.5. The number of halogens is 1. The average Bonchev–Trinajstić information content (AvgIpc) is 3.18. The molecule has 0 aliphatic heterocycles. The molecular weight excluding hydrogens is 341 g/mol. The first-order valence-corrected chi connectivity index (χ1v) is 8.00. The van der Waals surface area contributed by atoms with Gasteiger partial charge in [0.25, 0.3) is 11.8 Å². The topological polar surface area (TPSA) is 110 Å². The molecule has 0 spiro atoms. The molecule has 136 valence electrons. The predicted octanol–water partition coefficient (Wildman–Crippen LogP) is 3.01. The van der Waals surface area contributed by atoms with Gasteiger partial charge in [-0.3, -0.25) is 9.59 Å². The first-order valence-electron chi connectivity index (χ1n) is 8.00. The summed E-state index contributed by atoms with van der Waals surface area (Å²) >= 11 is 0. The zero-order valence-electron chi connectivity index (χ0n) is 14.3. The molecule has 3 aromatic rings. The first kappa shape index (κ1) is 17.7. The van der Waals surface area contributed by atoms with Crippen LogP contribution >= 0.6 is 0 Å². The lowest BCUT2D eigenvalue weighted by Crippen LogP contribution is -2.21. The SMILES string of the molecule is CC(C)NCc1ccc(C(=O)Nc2c(C(N)=O)oc3ccc(F)cc23)o1. The second kappa shape index (κ2) is 7.01. The third-order valence-corrected chi connectivity index (χ3v) is 3.68. The number of primary amides is 1. The molecule has 0 saturated heterocycles. The smallest absolute Gasteiger partial charge is 0.291 e. The lowest BCUT2D eigenvalue weighted by Gasteiger charge is -2.05. The number of carbonyl (C=O) groups excluding carboxylic acids is 2. The number of carbonyl (C=O) groups is 2. The molecule has 0 fully saturated rings. The number of amides is 2. The van der Waals surface area contributed by atoms with Crippen molar-refractivity contribution in [2.45, 2.75) is 26.4 Å². The molecule has 2 aromatic heterocycles. The van der Waals surface area contributed by atoms with Crippen molar-refractivity contribution < 1.29 is 22.8 Å². The maximum Gasteiger partial charge on any atom is 0.291 e. The van der Waals surface area contributed by atoms with Crippen molar-refractivity contribution in [1.29, 1.82) is 0 Å². The van der Waals surface area contributed by atoms with Crippen LogP contribution in [-0.4, -0.2) is 17.9 Å². The standard InChI is InChI=1S/C18H18FN3O4/c1-9(2)21-8-11-4-6-14(25-11)18(24)22-15-12-7-10(19)3-5-13(12)26-16(15)17(20)23/h3-7,9,21H,8H2,1-2H3,(H2,20,23)(H,22,24). The molecule has 7 nitrogen and oxygen atoms in total. The Labute approximate surface area is 148 Å². The van der Waals surface area contributed by atoms with Crippen LogP contribution in [0.5, 0.6) is 0 Å². The first-order chi connectivity index (χ1) is 12.3. The molecule has 0 saturated carbocycles. The Morgan fingerprint density at radius 2 is 1.96 bits per heavy atom. The molecule has 0 bridgehead atoms. The number of nitrogens with two attached hydrogens (primary N) is 1. The summed E-state index contributed by atoms with van der Waals surface area (Å²) in [7, 11) is 0. The third-order valence-electron chi connectivity index (χ3n) is 3.68. The van der Waals surface area contributed by atoms with Crippen molar-refractivity contribution in [3.63, 3.8) is 0 Å². The molecule has 2 amide bonds. The van der Waals surface area contributed by atoms with Crippen molar-refractivity contribution in [3.05, 3.63) is 53.4 Å². The van der Waals surface area contributed by atoms with E-state index in [1.807, 2.05) is 13.8 Å². The van der Waals surface area contributed by atoms with E-state index in [0.717, 1.165) is 6.07 Å². The quantitative estimate of drug-likeness (QED) is 0.626.